The fraction of sp³-hybridized carbons (Fsp3) is 0.400. The van der Waals surface area contributed by atoms with E-state index < -0.39 is 15.6 Å². The Hall–Kier alpha value is -1.62. The van der Waals surface area contributed by atoms with Crippen molar-refractivity contribution in [2.45, 2.75) is 52.4 Å². The molecule has 0 spiro atoms. The Morgan fingerprint density at radius 3 is 1.34 bits per heavy atom. The lowest BCUT2D eigenvalue weighted by Gasteiger charge is -2.27. The molecule has 0 amide bonds. The lowest BCUT2D eigenvalue weighted by molar-refractivity contribution is 0.232. The van der Waals surface area contributed by atoms with Gasteiger partial charge in [0, 0.05) is 11.1 Å². The summed E-state index contributed by atoms with van der Waals surface area (Å²) in [4.78, 5) is 18.6. The molecule has 2 aromatic rings. The summed E-state index contributed by atoms with van der Waals surface area (Å²) in [6.07, 6.45) is 0. The second-order valence-corrected chi connectivity index (χ2v) is 11.6. The summed E-state index contributed by atoms with van der Waals surface area (Å²) in [5, 5.41) is 0. The van der Waals surface area contributed by atoms with Crippen LogP contribution >= 0.6 is 15.6 Å². The minimum Gasteiger partial charge on any atom is -0.394 e. The molecule has 29 heavy (non-hydrogen) atoms. The van der Waals surface area contributed by atoms with E-state index in [0.717, 1.165) is 0 Å². The van der Waals surface area contributed by atoms with Gasteiger partial charge in [-0.1, -0.05) is 77.9 Å². The van der Waals surface area contributed by atoms with E-state index in [1.165, 1.54) is 0 Å². The third-order valence-corrected chi connectivity index (χ3v) is 6.51. The number of hydrogen-bond acceptors (Lipinski definition) is 5. The van der Waals surface area contributed by atoms with E-state index in [1.807, 2.05) is 41.5 Å². The van der Waals surface area contributed by atoms with Gasteiger partial charge in [0.05, 0.1) is 0 Å². The summed E-state index contributed by atoms with van der Waals surface area (Å²) in [6.45, 7) is 11.6. The molecule has 0 aliphatic rings. The minimum absolute atomic E-state index is 0.157. The summed E-state index contributed by atoms with van der Waals surface area (Å²) in [7, 11) is -9.93. The fourth-order valence-electron chi connectivity index (χ4n) is 2.75. The molecule has 0 aliphatic heterocycles. The predicted octanol–water partition coefficient (Wildman–Crippen LogP) is 5.96. The highest BCUT2D eigenvalue weighted by Crippen LogP contribution is 2.61. The van der Waals surface area contributed by atoms with Crippen molar-refractivity contribution in [3.8, 4) is 11.5 Å². The number of phosphoric acid groups is 2. The molecule has 0 aliphatic carbocycles. The van der Waals surface area contributed by atoms with Gasteiger partial charge in [-0.15, -0.1) is 0 Å². The standard InChI is InChI=1S/C20H28O7P2/c1-19(2,3)15-11-7-9-13-17(15)25-29(24,27-28(21,22)23)26-18-14-10-8-12-16(18)20(4,5)6/h7-14H,1-6H3,(H2,21,22,23). The second kappa shape index (κ2) is 8.25. The van der Waals surface area contributed by atoms with Gasteiger partial charge < -0.3 is 18.8 Å². The summed E-state index contributed by atoms with van der Waals surface area (Å²) in [6, 6.07) is 13.6. The molecule has 160 valence electrons. The van der Waals surface area contributed by atoms with Crippen molar-refractivity contribution >= 4 is 15.6 Å². The van der Waals surface area contributed by atoms with Crippen molar-refractivity contribution in [3.63, 3.8) is 0 Å². The smallest absolute Gasteiger partial charge is 0.394 e. The van der Waals surface area contributed by atoms with Gasteiger partial charge in [0.2, 0.25) is 0 Å². The van der Waals surface area contributed by atoms with Gasteiger partial charge >= 0.3 is 15.6 Å². The molecular weight excluding hydrogens is 414 g/mol. The minimum atomic E-state index is -5.19. The molecule has 2 aromatic carbocycles. The zero-order chi connectivity index (χ0) is 22.1. The highest BCUT2D eigenvalue weighted by atomic mass is 31.3. The topological polar surface area (TPSA) is 102 Å². The van der Waals surface area contributed by atoms with Crippen LogP contribution in [0.4, 0.5) is 0 Å². The SMILES string of the molecule is CC(C)(C)c1ccccc1OP(=O)(Oc1ccccc1C(C)(C)C)OP(=O)(O)O. The van der Waals surface area contributed by atoms with Gasteiger partial charge in [0.15, 0.2) is 0 Å². The van der Waals surface area contributed by atoms with E-state index in [0.29, 0.717) is 11.1 Å². The number of phosphoric ester groups is 1. The summed E-state index contributed by atoms with van der Waals surface area (Å²) in [5.74, 6) is 0.315. The maximum atomic E-state index is 13.4. The monoisotopic (exact) mass is 442 g/mol. The lowest BCUT2D eigenvalue weighted by atomic mass is 9.86. The largest absolute Gasteiger partial charge is 0.596 e. The first-order valence-electron chi connectivity index (χ1n) is 9.06. The van der Waals surface area contributed by atoms with Crippen LogP contribution in [-0.4, -0.2) is 9.79 Å². The van der Waals surface area contributed by atoms with Crippen LogP contribution in [0.1, 0.15) is 52.7 Å². The average Bonchev–Trinajstić information content (AvgIpc) is 2.51. The van der Waals surface area contributed by atoms with Gasteiger partial charge in [-0.3, -0.25) is 0 Å². The molecule has 7 nitrogen and oxygen atoms in total. The van der Waals surface area contributed by atoms with Crippen LogP contribution in [-0.2, 0) is 24.3 Å². The van der Waals surface area contributed by atoms with Crippen molar-refractivity contribution in [1.29, 1.82) is 0 Å². The highest BCUT2D eigenvalue weighted by molar-refractivity contribution is 7.61. The number of benzene rings is 2. The Morgan fingerprint density at radius 1 is 0.690 bits per heavy atom. The molecule has 0 radical (unpaired) electrons. The molecule has 0 fully saturated rings. The Bertz CT molecular complexity index is 888. The predicted molar refractivity (Wildman–Crippen MR) is 112 cm³/mol. The van der Waals surface area contributed by atoms with Crippen LogP contribution in [0.25, 0.3) is 0 Å². The van der Waals surface area contributed by atoms with Crippen molar-refractivity contribution in [1.82, 2.24) is 0 Å². The molecular formula is C20H28O7P2. The van der Waals surface area contributed by atoms with Crippen molar-refractivity contribution in [3.05, 3.63) is 59.7 Å². The molecule has 2 N–H and O–H groups in total. The number of para-hydroxylation sites is 2. The second-order valence-electron chi connectivity index (χ2n) is 8.69. The molecule has 2 rings (SSSR count). The fourth-order valence-corrected chi connectivity index (χ4v) is 4.90. The van der Waals surface area contributed by atoms with Crippen molar-refractivity contribution < 1.29 is 32.3 Å². The van der Waals surface area contributed by atoms with Crippen LogP contribution in [0, 0.1) is 0 Å². The van der Waals surface area contributed by atoms with E-state index in [4.69, 9.17) is 9.05 Å². The molecule has 0 saturated carbocycles. The van der Waals surface area contributed by atoms with Crippen LogP contribution < -0.4 is 9.05 Å². The number of rotatable bonds is 6. The van der Waals surface area contributed by atoms with E-state index >= 15 is 0 Å². The Kier molecular flexibility index (Phi) is 6.73. The summed E-state index contributed by atoms with van der Waals surface area (Å²) < 4.78 is 40.5. The Morgan fingerprint density at radius 2 is 1.03 bits per heavy atom. The summed E-state index contributed by atoms with van der Waals surface area (Å²) >= 11 is 0. The van der Waals surface area contributed by atoms with Crippen LogP contribution in [0.3, 0.4) is 0 Å². The Balaban J connectivity index is 2.53. The molecule has 0 bridgehead atoms. The normalized spacial score (nSPS) is 13.2. The van der Waals surface area contributed by atoms with E-state index in [1.54, 1.807) is 48.5 Å². The van der Waals surface area contributed by atoms with Gasteiger partial charge in [0.1, 0.15) is 11.5 Å². The van der Waals surface area contributed by atoms with Crippen LogP contribution in [0.2, 0.25) is 0 Å². The summed E-state index contributed by atoms with van der Waals surface area (Å²) in [5.41, 5.74) is 0.601. The lowest BCUT2D eigenvalue weighted by Crippen LogP contribution is -2.16. The van der Waals surface area contributed by atoms with Crippen LogP contribution in [0.5, 0.6) is 11.5 Å². The molecule has 9 heteroatoms. The van der Waals surface area contributed by atoms with Gasteiger partial charge in [-0.25, -0.2) is 9.13 Å². The third kappa shape index (κ3) is 6.70. The van der Waals surface area contributed by atoms with E-state index in [2.05, 4.69) is 4.31 Å². The van der Waals surface area contributed by atoms with Gasteiger partial charge in [-0.05, 0) is 23.0 Å². The van der Waals surface area contributed by atoms with Crippen molar-refractivity contribution in [2.24, 2.45) is 0 Å². The quantitative estimate of drug-likeness (QED) is 0.533. The first-order chi connectivity index (χ1) is 13.1. The molecule has 0 heterocycles. The first-order valence-corrected chi connectivity index (χ1v) is 12.0. The highest BCUT2D eigenvalue weighted by Gasteiger charge is 2.41. The Labute approximate surface area is 171 Å². The zero-order valence-electron chi connectivity index (χ0n) is 17.4. The molecule has 0 saturated heterocycles. The van der Waals surface area contributed by atoms with E-state index in [-0.39, 0.29) is 22.3 Å². The van der Waals surface area contributed by atoms with Crippen molar-refractivity contribution in [2.75, 3.05) is 0 Å². The molecule has 0 unspecified atom stereocenters. The average molecular weight is 442 g/mol. The number of hydrogen-bond donors (Lipinski definition) is 2. The maximum absolute atomic E-state index is 13.4. The van der Waals surface area contributed by atoms with Gasteiger partial charge in [-0.2, -0.15) is 4.31 Å². The molecule has 0 aromatic heterocycles. The first kappa shape index (κ1) is 23.7. The van der Waals surface area contributed by atoms with Gasteiger partial charge in [0.25, 0.3) is 0 Å². The van der Waals surface area contributed by atoms with Crippen LogP contribution in [0.15, 0.2) is 48.5 Å². The third-order valence-electron chi connectivity index (χ3n) is 4.02. The molecule has 0 atom stereocenters. The zero-order valence-corrected chi connectivity index (χ0v) is 19.2. The van der Waals surface area contributed by atoms with E-state index in [9.17, 15) is 18.9 Å². The maximum Gasteiger partial charge on any atom is 0.596 e.